The maximum Gasteiger partial charge on any atom is 0.160 e. The second-order valence-corrected chi connectivity index (χ2v) is 5.97. The normalized spacial score (nSPS) is 16.0. The van der Waals surface area contributed by atoms with Crippen LogP contribution >= 0.6 is 0 Å². The molecule has 1 atom stereocenters. The van der Waals surface area contributed by atoms with Gasteiger partial charge < -0.3 is 19.3 Å². The number of hydrogen-bond donors (Lipinski definition) is 1. The Morgan fingerprint density at radius 2 is 2.00 bits per heavy atom. The van der Waals surface area contributed by atoms with E-state index in [4.69, 9.17) is 19.7 Å². The van der Waals surface area contributed by atoms with Gasteiger partial charge in [-0.05, 0) is 61.6 Å². The van der Waals surface area contributed by atoms with Crippen LogP contribution in [0.1, 0.15) is 35.9 Å². The molecule has 4 nitrogen and oxygen atoms in total. The Bertz CT molecular complexity index is 790. The highest BCUT2D eigenvalue weighted by Gasteiger charge is 2.07. The van der Waals surface area contributed by atoms with Crippen molar-refractivity contribution < 1.29 is 24.8 Å². The maximum atomic E-state index is 10.2. The number of benzene rings is 2. The molecule has 0 spiro atoms. The molecule has 0 saturated carbocycles. The summed E-state index contributed by atoms with van der Waals surface area (Å²) in [4.78, 5) is 0. The van der Waals surface area contributed by atoms with Crippen molar-refractivity contribution in [2.45, 2.75) is 38.7 Å². The molecule has 0 bridgehead atoms. The quantitative estimate of drug-likeness (QED) is 0.655. The lowest BCUT2D eigenvalue weighted by molar-refractivity contribution is 0.0976. The molecule has 1 unspecified atom stereocenters. The van der Waals surface area contributed by atoms with Crippen LogP contribution in [0.2, 0.25) is 0 Å². The van der Waals surface area contributed by atoms with E-state index in [1.165, 1.54) is 7.11 Å². The van der Waals surface area contributed by atoms with Crippen molar-refractivity contribution in [3.63, 3.8) is 0 Å². The molecule has 25 heavy (non-hydrogen) atoms. The highest BCUT2D eigenvalue weighted by atomic mass is 16.5. The van der Waals surface area contributed by atoms with Gasteiger partial charge in [-0.15, -0.1) is 0 Å². The minimum absolute atomic E-state index is 0.0918. The van der Waals surface area contributed by atoms with Crippen LogP contribution < -0.4 is 14.2 Å². The van der Waals surface area contributed by atoms with Gasteiger partial charge in [0.25, 0.3) is 0 Å². The van der Waals surface area contributed by atoms with E-state index in [1.807, 2.05) is 25.1 Å². The largest absolute Gasteiger partial charge is 0.493 e. The number of methoxy groups -OCH3 is 2. The summed E-state index contributed by atoms with van der Waals surface area (Å²) in [6.07, 6.45) is 0.746. The van der Waals surface area contributed by atoms with Crippen LogP contribution in [0.4, 0.5) is 0 Å². The smallest absolute Gasteiger partial charge is 0.160 e. The first-order chi connectivity index (χ1) is 13.6. The number of ether oxygens (including phenoxy) is 3. The van der Waals surface area contributed by atoms with Crippen molar-refractivity contribution in [3.05, 3.63) is 53.6 Å². The number of hydrogen-bond acceptors (Lipinski definition) is 4. The minimum Gasteiger partial charge on any atom is -0.493 e. The number of aliphatic hydroxyl groups is 1. The van der Waals surface area contributed by atoms with Gasteiger partial charge in [0.1, 0.15) is 12.4 Å². The van der Waals surface area contributed by atoms with Crippen LogP contribution in [0, 0.1) is 6.92 Å². The van der Waals surface area contributed by atoms with Gasteiger partial charge in [0.05, 0.1) is 25.7 Å². The van der Waals surface area contributed by atoms with Crippen LogP contribution in [-0.4, -0.2) is 31.9 Å². The molecule has 0 heterocycles. The summed E-state index contributed by atoms with van der Waals surface area (Å²) in [7, 11) is -1.08. The summed E-state index contributed by atoms with van der Waals surface area (Å²) >= 11 is 0. The first-order valence-corrected chi connectivity index (χ1v) is 8.36. The Kier molecular flexibility index (Phi) is 5.58. The summed E-state index contributed by atoms with van der Waals surface area (Å²) in [5, 5.41) is 10.2. The molecule has 0 aromatic heterocycles. The Morgan fingerprint density at radius 3 is 2.76 bits per heavy atom. The van der Waals surface area contributed by atoms with E-state index in [1.54, 1.807) is 24.3 Å². The highest BCUT2D eigenvalue weighted by molar-refractivity contribution is 5.42. The number of aryl methyl sites for hydroxylation is 2. The van der Waals surface area contributed by atoms with E-state index in [2.05, 4.69) is 0 Å². The van der Waals surface area contributed by atoms with Crippen molar-refractivity contribution in [2.24, 2.45) is 0 Å². The third-order valence-electron chi connectivity index (χ3n) is 3.91. The van der Waals surface area contributed by atoms with Crippen LogP contribution in [-0.2, 0) is 6.42 Å². The average molecular weight is 348 g/mol. The lowest BCUT2D eigenvalue weighted by Crippen LogP contribution is -2.17. The van der Waals surface area contributed by atoms with Crippen LogP contribution in [0.15, 0.2) is 42.5 Å². The predicted molar refractivity (Wildman–Crippen MR) is 99.8 cm³/mol. The summed E-state index contributed by atoms with van der Waals surface area (Å²) in [5.41, 5.74) is 2.02. The summed E-state index contributed by atoms with van der Waals surface area (Å²) in [6.45, 7) is 1.86. The summed E-state index contributed by atoms with van der Waals surface area (Å²) < 4.78 is 45.3. The fraction of sp³-hybridized carbons (Fsp3) is 0.429. The summed E-state index contributed by atoms with van der Waals surface area (Å²) in [6, 6.07) is 12.6. The fourth-order valence-corrected chi connectivity index (χ4v) is 2.55. The van der Waals surface area contributed by atoms with Gasteiger partial charge in [0.15, 0.2) is 11.5 Å². The van der Waals surface area contributed by atoms with Crippen LogP contribution in [0.25, 0.3) is 0 Å². The number of rotatable bonds is 10. The second-order valence-electron chi connectivity index (χ2n) is 5.97. The molecule has 136 valence electrons. The third kappa shape index (κ3) is 6.31. The average Bonchev–Trinajstić information content (AvgIpc) is 2.63. The van der Waals surface area contributed by atoms with Crippen molar-refractivity contribution in [3.8, 4) is 17.2 Å². The van der Waals surface area contributed by atoms with Gasteiger partial charge >= 0.3 is 0 Å². The van der Waals surface area contributed by atoms with E-state index < -0.39 is 13.1 Å². The SMILES string of the molecule is [2H]C(O)(CCCCc1ccc(OC([2H])([2H])[2H])c(OC)c1)COc1cccc(C)c1. The van der Waals surface area contributed by atoms with Gasteiger partial charge in [-0.2, -0.15) is 0 Å². The van der Waals surface area contributed by atoms with Gasteiger partial charge in [-0.1, -0.05) is 24.6 Å². The molecule has 2 aromatic rings. The summed E-state index contributed by atoms with van der Waals surface area (Å²) in [5.74, 6) is 1.18. The second kappa shape index (κ2) is 9.94. The third-order valence-corrected chi connectivity index (χ3v) is 3.91. The Morgan fingerprint density at radius 1 is 1.12 bits per heavy atom. The van der Waals surface area contributed by atoms with Gasteiger partial charge in [-0.25, -0.2) is 0 Å². The molecule has 0 aliphatic carbocycles. The first-order valence-electron chi connectivity index (χ1n) is 10.4. The zero-order chi connectivity index (χ0) is 21.5. The minimum atomic E-state index is -2.53. The molecule has 0 amide bonds. The molecule has 0 aliphatic rings. The topological polar surface area (TPSA) is 47.9 Å². The Balaban J connectivity index is 1.80. The Hall–Kier alpha value is -2.20. The molecule has 0 radical (unpaired) electrons. The molecule has 2 rings (SSSR count). The van der Waals surface area contributed by atoms with Crippen molar-refractivity contribution in [1.82, 2.24) is 0 Å². The van der Waals surface area contributed by atoms with E-state index in [0.29, 0.717) is 24.3 Å². The monoisotopic (exact) mass is 348 g/mol. The van der Waals surface area contributed by atoms with Crippen molar-refractivity contribution >= 4 is 0 Å². The predicted octanol–water partition coefficient (Wildman–Crippen LogP) is 4.16. The van der Waals surface area contributed by atoms with Gasteiger partial charge in [0.2, 0.25) is 0 Å². The highest BCUT2D eigenvalue weighted by Crippen LogP contribution is 2.28. The lowest BCUT2D eigenvalue weighted by Gasteiger charge is -2.13. The molecular weight excluding hydrogens is 316 g/mol. The first kappa shape index (κ1) is 14.0. The van der Waals surface area contributed by atoms with Gasteiger partial charge in [-0.3, -0.25) is 0 Å². The van der Waals surface area contributed by atoms with Crippen molar-refractivity contribution in [2.75, 3.05) is 20.8 Å². The lowest BCUT2D eigenvalue weighted by atomic mass is 10.0. The molecule has 1 N–H and O–H groups in total. The maximum absolute atomic E-state index is 10.2. The molecule has 2 aromatic carbocycles. The zero-order valence-electron chi connectivity index (χ0n) is 18.7. The Labute approximate surface area is 156 Å². The molecule has 0 fully saturated rings. The van der Waals surface area contributed by atoms with Crippen molar-refractivity contribution in [1.29, 1.82) is 0 Å². The molecular formula is C21H28O4. The van der Waals surface area contributed by atoms with Crippen LogP contribution in [0.3, 0.4) is 0 Å². The van der Waals surface area contributed by atoms with E-state index in [-0.39, 0.29) is 18.8 Å². The van der Waals surface area contributed by atoms with Crippen LogP contribution in [0.5, 0.6) is 17.2 Å². The van der Waals surface area contributed by atoms with E-state index in [0.717, 1.165) is 17.5 Å². The fourth-order valence-electron chi connectivity index (χ4n) is 2.55. The number of unbranched alkanes of at least 4 members (excludes halogenated alkanes) is 1. The zero-order valence-corrected chi connectivity index (χ0v) is 14.7. The van der Waals surface area contributed by atoms with Gasteiger partial charge in [0, 0.05) is 0 Å². The standard InChI is InChI=1S/C21H28O4/c1-16-7-6-10-19(13-16)25-15-18(22)9-5-4-8-17-11-12-20(23-2)21(14-17)24-3/h6-7,10-14,18,22H,4-5,8-9,15H2,1-3H3/i2D3,18D. The molecule has 0 aliphatic heterocycles. The van der Waals surface area contributed by atoms with E-state index in [9.17, 15) is 5.11 Å². The van der Waals surface area contributed by atoms with E-state index >= 15 is 0 Å². The molecule has 4 heteroatoms. The molecule has 0 saturated heterocycles.